The van der Waals surface area contributed by atoms with Crippen molar-refractivity contribution in [3.63, 3.8) is 0 Å². The number of rotatable bonds is 2. The minimum Gasteiger partial charge on any atom is -0.374 e. The minimum atomic E-state index is -0.614. The third-order valence-corrected chi connectivity index (χ3v) is 4.35. The topological polar surface area (TPSA) is 78.5 Å². The summed E-state index contributed by atoms with van der Waals surface area (Å²) in [4.78, 5) is 37.6. The first-order valence-electron chi connectivity index (χ1n) is 7.50. The highest BCUT2D eigenvalue weighted by Crippen LogP contribution is 2.34. The van der Waals surface area contributed by atoms with E-state index in [0.717, 1.165) is 17.8 Å². The van der Waals surface area contributed by atoms with Gasteiger partial charge in [0.1, 0.15) is 6.04 Å². The number of nitrogens with zero attached hydrogens (tertiary/aromatic N) is 1. The first-order valence-corrected chi connectivity index (χ1v) is 7.50. The number of hydrogen-bond donors (Lipinski definition) is 2. The molecule has 1 fully saturated rings. The minimum absolute atomic E-state index is 0.143. The molecule has 2 N–H and O–H groups in total. The Labute approximate surface area is 128 Å². The highest BCUT2D eigenvalue weighted by atomic mass is 16.2. The van der Waals surface area contributed by atoms with E-state index in [1.54, 1.807) is 0 Å². The average Bonchev–Trinajstić information content (AvgIpc) is 2.50. The van der Waals surface area contributed by atoms with Crippen LogP contribution in [0.15, 0.2) is 24.3 Å². The quantitative estimate of drug-likeness (QED) is 0.781. The number of fused-ring (bicyclic) bond motifs is 1. The van der Waals surface area contributed by atoms with Gasteiger partial charge in [-0.05, 0) is 24.5 Å². The Morgan fingerprint density at radius 1 is 1.27 bits per heavy atom. The molecule has 2 heterocycles. The molecule has 3 amide bonds. The summed E-state index contributed by atoms with van der Waals surface area (Å²) >= 11 is 0. The van der Waals surface area contributed by atoms with Gasteiger partial charge in [0.2, 0.25) is 17.7 Å². The monoisotopic (exact) mass is 301 g/mol. The van der Waals surface area contributed by atoms with Gasteiger partial charge in [-0.3, -0.25) is 19.7 Å². The number of imide groups is 1. The van der Waals surface area contributed by atoms with Gasteiger partial charge in [0.25, 0.3) is 0 Å². The van der Waals surface area contributed by atoms with Gasteiger partial charge in [0.15, 0.2) is 0 Å². The predicted molar refractivity (Wildman–Crippen MR) is 81.4 cm³/mol. The Morgan fingerprint density at radius 3 is 2.82 bits per heavy atom. The lowest BCUT2D eigenvalue weighted by atomic mass is 9.89. The van der Waals surface area contributed by atoms with Gasteiger partial charge >= 0.3 is 0 Å². The van der Waals surface area contributed by atoms with E-state index >= 15 is 0 Å². The lowest BCUT2D eigenvalue weighted by molar-refractivity contribution is -0.137. The van der Waals surface area contributed by atoms with Crippen LogP contribution in [-0.4, -0.2) is 37.4 Å². The Bertz CT molecular complexity index is 629. The van der Waals surface area contributed by atoms with E-state index in [1.807, 2.05) is 31.3 Å². The van der Waals surface area contributed by atoms with Crippen LogP contribution in [0.25, 0.3) is 0 Å². The molecule has 2 aliphatic heterocycles. The molecule has 0 bridgehead atoms. The predicted octanol–water partition coefficient (Wildman–Crippen LogP) is 0.532. The number of amides is 3. The van der Waals surface area contributed by atoms with Crippen molar-refractivity contribution in [2.45, 2.75) is 31.2 Å². The molecule has 2 aliphatic rings. The largest absolute Gasteiger partial charge is 0.374 e. The van der Waals surface area contributed by atoms with Crippen LogP contribution in [-0.2, 0) is 14.4 Å². The molecule has 3 rings (SSSR count). The molecule has 6 heteroatoms. The van der Waals surface area contributed by atoms with Crippen LogP contribution >= 0.6 is 0 Å². The Hall–Kier alpha value is -2.37. The fraction of sp³-hybridized carbons (Fsp3) is 0.438. The van der Waals surface area contributed by atoms with Crippen molar-refractivity contribution in [3.8, 4) is 0 Å². The maximum absolute atomic E-state index is 12.6. The highest BCUT2D eigenvalue weighted by Gasteiger charge is 2.33. The van der Waals surface area contributed by atoms with Crippen LogP contribution in [0.5, 0.6) is 0 Å². The zero-order chi connectivity index (χ0) is 15.7. The summed E-state index contributed by atoms with van der Waals surface area (Å²) in [7, 11) is 2.01. The number of piperidine rings is 1. The van der Waals surface area contributed by atoms with Gasteiger partial charge in [-0.25, -0.2) is 0 Å². The number of nitrogens with one attached hydrogen (secondary N) is 2. The number of carbonyl (C=O) groups is 3. The van der Waals surface area contributed by atoms with Crippen molar-refractivity contribution in [2.24, 2.45) is 0 Å². The first-order chi connectivity index (χ1) is 10.6. The second-order valence-electron chi connectivity index (χ2n) is 5.83. The van der Waals surface area contributed by atoms with Crippen LogP contribution < -0.4 is 15.5 Å². The van der Waals surface area contributed by atoms with Gasteiger partial charge in [0.05, 0.1) is 5.92 Å². The zero-order valence-electron chi connectivity index (χ0n) is 12.5. The van der Waals surface area contributed by atoms with Crippen LogP contribution in [0.4, 0.5) is 5.69 Å². The summed E-state index contributed by atoms with van der Waals surface area (Å²) in [6, 6.07) is 7.22. The van der Waals surface area contributed by atoms with E-state index in [2.05, 4.69) is 15.5 Å². The summed E-state index contributed by atoms with van der Waals surface area (Å²) in [5.74, 6) is -1.08. The van der Waals surface area contributed by atoms with Crippen LogP contribution in [0.1, 0.15) is 30.7 Å². The van der Waals surface area contributed by atoms with Crippen LogP contribution in [0.2, 0.25) is 0 Å². The third kappa shape index (κ3) is 2.68. The molecule has 0 radical (unpaired) electrons. The third-order valence-electron chi connectivity index (χ3n) is 4.35. The number of benzene rings is 1. The highest BCUT2D eigenvalue weighted by molar-refractivity contribution is 6.02. The molecule has 2 unspecified atom stereocenters. The number of carbonyl (C=O) groups excluding carboxylic acids is 3. The van der Waals surface area contributed by atoms with E-state index in [4.69, 9.17) is 0 Å². The Balaban J connectivity index is 1.75. The summed E-state index contributed by atoms with van der Waals surface area (Å²) in [6.07, 6.45) is 1.35. The van der Waals surface area contributed by atoms with E-state index in [1.165, 1.54) is 0 Å². The van der Waals surface area contributed by atoms with Gasteiger partial charge in [-0.2, -0.15) is 0 Å². The Kier molecular flexibility index (Phi) is 3.83. The summed E-state index contributed by atoms with van der Waals surface area (Å²) in [6.45, 7) is 0.796. The van der Waals surface area contributed by atoms with Crippen LogP contribution in [0, 0.1) is 0 Å². The normalized spacial score (nSPS) is 24.5. The van der Waals surface area contributed by atoms with Gasteiger partial charge in [-0.15, -0.1) is 0 Å². The molecule has 1 saturated heterocycles. The van der Waals surface area contributed by atoms with Gasteiger partial charge in [-0.1, -0.05) is 18.2 Å². The molecular formula is C16H19N3O3. The Morgan fingerprint density at radius 2 is 2.05 bits per heavy atom. The molecule has 0 saturated carbocycles. The fourth-order valence-corrected chi connectivity index (χ4v) is 3.10. The molecule has 6 nitrogen and oxygen atoms in total. The molecule has 0 aliphatic carbocycles. The summed E-state index contributed by atoms with van der Waals surface area (Å²) in [5.41, 5.74) is 2.04. The molecule has 0 aromatic heterocycles. The summed E-state index contributed by atoms with van der Waals surface area (Å²) in [5, 5.41) is 5.06. The number of para-hydroxylation sites is 1. The molecule has 0 spiro atoms. The van der Waals surface area contributed by atoms with Crippen molar-refractivity contribution in [1.82, 2.24) is 10.6 Å². The van der Waals surface area contributed by atoms with Crippen LogP contribution in [0.3, 0.4) is 0 Å². The molecule has 2 atom stereocenters. The lowest BCUT2D eigenvalue weighted by Crippen LogP contribution is -2.53. The average molecular weight is 301 g/mol. The van der Waals surface area contributed by atoms with Crippen molar-refractivity contribution < 1.29 is 14.4 Å². The second kappa shape index (κ2) is 5.79. The van der Waals surface area contributed by atoms with Crippen molar-refractivity contribution >= 4 is 23.4 Å². The number of hydrogen-bond acceptors (Lipinski definition) is 4. The molecular weight excluding hydrogens is 282 g/mol. The lowest BCUT2D eigenvalue weighted by Gasteiger charge is -2.33. The fourth-order valence-electron chi connectivity index (χ4n) is 3.10. The van der Waals surface area contributed by atoms with Crippen molar-refractivity contribution in [1.29, 1.82) is 0 Å². The van der Waals surface area contributed by atoms with Crippen molar-refractivity contribution in [3.05, 3.63) is 29.8 Å². The van der Waals surface area contributed by atoms with Gasteiger partial charge < -0.3 is 10.2 Å². The second-order valence-corrected chi connectivity index (χ2v) is 5.83. The first kappa shape index (κ1) is 14.6. The van der Waals surface area contributed by atoms with Gasteiger partial charge in [0, 0.05) is 25.7 Å². The van der Waals surface area contributed by atoms with Crippen molar-refractivity contribution in [2.75, 3.05) is 18.5 Å². The zero-order valence-corrected chi connectivity index (χ0v) is 12.5. The molecule has 116 valence electrons. The smallest absolute Gasteiger partial charge is 0.249 e. The standard InChI is InChI=1S/C16H19N3O3/c1-19-9-8-11(10-4-2-3-5-13(10)19)15(21)17-12-6-7-14(20)18-16(12)22/h2-5,11-12H,6-9H2,1H3,(H,17,21)(H,18,20,22). The van der Waals surface area contributed by atoms with E-state index in [-0.39, 0.29) is 24.2 Å². The number of anilines is 1. The van der Waals surface area contributed by atoms with E-state index in [9.17, 15) is 14.4 Å². The maximum Gasteiger partial charge on any atom is 0.249 e. The molecule has 22 heavy (non-hydrogen) atoms. The SMILES string of the molecule is CN1CCC(C(=O)NC2CCC(=O)NC2=O)c2ccccc21. The maximum atomic E-state index is 12.6. The van der Waals surface area contributed by atoms with E-state index in [0.29, 0.717) is 12.8 Å². The van der Waals surface area contributed by atoms with E-state index < -0.39 is 11.9 Å². The summed E-state index contributed by atoms with van der Waals surface area (Å²) < 4.78 is 0. The molecule has 1 aromatic rings. The molecule has 1 aromatic carbocycles.